The van der Waals surface area contributed by atoms with Gasteiger partial charge in [0.1, 0.15) is 5.75 Å². The molecule has 0 atom stereocenters. The Labute approximate surface area is 161 Å². The number of hydrogen-bond acceptors (Lipinski definition) is 4. The quantitative estimate of drug-likeness (QED) is 0.263. The van der Waals surface area contributed by atoms with Crippen molar-refractivity contribution in [2.45, 2.75) is 6.92 Å². The molecule has 5 nitrogen and oxygen atoms in total. The minimum absolute atomic E-state index is 0.240. The van der Waals surface area contributed by atoms with Crippen LogP contribution < -0.4 is 15.5 Å². The molecular weight excluding hydrogens is 381 g/mol. The first-order valence-electron chi connectivity index (χ1n) is 7.34. The van der Waals surface area contributed by atoms with E-state index in [9.17, 15) is 4.79 Å². The van der Waals surface area contributed by atoms with E-state index >= 15 is 0 Å². The van der Waals surface area contributed by atoms with Gasteiger partial charge in [-0.2, -0.15) is 5.10 Å². The van der Waals surface area contributed by atoms with E-state index < -0.39 is 5.97 Å². The van der Waals surface area contributed by atoms with Crippen LogP contribution in [-0.4, -0.2) is 23.8 Å². The summed E-state index contributed by atoms with van der Waals surface area (Å²) in [6.45, 7) is 2.66. The summed E-state index contributed by atoms with van der Waals surface area (Å²) in [4.78, 5) is 12.1. The van der Waals surface area contributed by atoms with Gasteiger partial charge in [-0.1, -0.05) is 23.2 Å². The van der Waals surface area contributed by atoms with Crippen molar-refractivity contribution in [3.05, 3.63) is 63.6 Å². The lowest BCUT2D eigenvalue weighted by Gasteiger charge is -2.06. The number of hydrogen-bond donors (Lipinski definition) is 2. The van der Waals surface area contributed by atoms with E-state index in [-0.39, 0.29) is 10.6 Å². The lowest BCUT2D eigenvalue weighted by Crippen LogP contribution is -2.31. The van der Waals surface area contributed by atoms with Crippen molar-refractivity contribution in [1.29, 1.82) is 0 Å². The minimum atomic E-state index is -0.555. The van der Waals surface area contributed by atoms with Crippen LogP contribution in [0.4, 0.5) is 0 Å². The van der Waals surface area contributed by atoms with Gasteiger partial charge in [-0.3, -0.25) is 5.43 Å². The Morgan fingerprint density at radius 3 is 2.60 bits per heavy atom. The van der Waals surface area contributed by atoms with E-state index in [0.29, 0.717) is 15.9 Å². The molecule has 0 saturated heterocycles. The number of nitrogens with zero attached hydrogens (tertiary/aromatic N) is 1. The number of carbonyl (C=O) groups is 1. The molecule has 2 rings (SSSR count). The Morgan fingerprint density at radius 1 is 1.24 bits per heavy atom. The van der Waals surface area contributed by atoms with Crippen molar-refractivity contribution >= 4 is 52.7 Å². The molecule has 25 heavy (non-hydrogen) atoms. The average Bonchev–Trinajstić information content (AvgIpc) is 2.56. The minimum Gasteiger partial charge on any atom is -0.423 e. The van der Waals surface area contributed by atoms with Gasteiger partial charge in [0.2, 0.25) is 0 Å². The fourth-order valence-corrected chi connectivity index (χ4v) is 2.49. The van der Waals surface area contributed by atoms with Crippen molar-refractivity contribution in [1.82, 2.24) is 10.7 Å². The smallest absolute Gasteiger partial charge is 0.345 e. The van der Waals surface area contributed by atoms with Crippen LogP contribution in [-0.2, 0) is 0 Å². The standard InChI is InChI=1S/C17H15Cl2N3O2S/c1-2-20-17(25)22-21-10-11-3-6-13(7-4-11)24-16(23)14-8-5-12(18)9-15(14)19/h3-10H,2H2,1H3,(H2,20,22,25)/b21-10-. The summed E-state index contributed by atoms with van der Waals surface area (Å²) < 4.78 is 5.29. The molecule has 0 aliphatic heterocycles. The second kappa shape index (κ2) is 9.36. The van der Waals surface area contributed by atoms with Gasteiger partial charge >= 0.3 is 5.97 Å². The summed E-state index contributed by atoms with van der Waals surface area (Å²) in [5.74, 6) is -0.162. The highest BCUT2D eigenvalue weighted by Gasteiger charge is 2.13. The van der Waals surface area contributed by atoms with E-state index in [1.54, 1.807) is 36.5 Å². The predicted octanol–water partition coefficient (Wildman–Crippen LogP) is 4.03. The van der Waals surface area contributed by atoms with Gasteiger partial charge < -0.3 is 10.1 Å². The van der Waals surface area contributed by atoms with E-state index in [4.69, 9.17) is 40.2 Å². The Balaban J connectivity index is 1.97. The number of carbonyl (C=O) groups excluding carboxylic acids is 1. The highest BCUT2D eigenvalue weighted by atomic mass is 35.5. The number of esters is 1. The number of hydrazone groups is 1. The van der Waals surface area contributed by atoms with Gasteiger partial charge in [0.05, 0.1) is 16.8 Å². The number of benzene rings is 2. The monoisotopic (exact) mass is 395 g/mol. The normalized spacial score (nSPS) is 10.5. The first-order chi connectivity index (χ1) is 12.0. The highest BCUT2D eigenvalue weighted by molar-refractivity contribution is 7.80. The molecule has 8 heteroatoms. The molecule has 0 unspecified atom stereocenters. The molecule has 0 aliphatic rings. The maximum atomic E-state index is 12.1. The summed E-state index contributed by atoms with van der Waals surface area (Å²) in [7, 11) is 0. The first kappa shape index (κ1) is 19.2. The summed E-state index contributed by atoms with van der Waals surface area (Å²) >= 11 is 16.8. The van der Waals surface area contributed by atoms with Gasteiger partial charge in [0.15, 0.2) is 5.11 Å². The topological polar surface area (TPSA) is 62.7 Å². The third-order valence-corrected chi connectivity index (χ3v) is 3.74. The zero-order valence-electron chi connectivity index (χ0n) is 13.3. The number of halogens is 2. The van der Waals surface area contributed by atoms with Gasteiger partial charge in [-0.05, 0) is 67.2 Å². The van der Waals surface area contributed by atoms with Crippen LogP contribution in [0, 0.1) is 0 Å². The Morgan fingerprint density at radius 2 is 1.96 bits per heavy atom. The summed E-state index contributed by atoms with van der Waals surface area (Å²) in [6.07, 6.45) is 1.60. The highest BCUT2D eigenvalue weighted by Crippen LogP contribution is 2.22. The molecule has 130 valence electrons. The molecule has 0 heterocycles. The van der Waals surface area contributed by atoms with Gasteiger partial charge in [0.25, 0.3) is 0 Å². The summed E-state index contributed by atoms with van der Waals surface area (Å²) in [6, 6.07) is 11.4. The Kier molecular flexibility index (Phi) is 7.18. The molecule has 0 radical (unpaired) electrons. The van der Waals surface area contributed by atoms with E-state index in [0.717, 1.165) is 12.1 Å². The second-order valence-corrected chi connectivity index (χ2v) is 6.06. The Hall–Kier alpha value is -2.15. The molecule has 2 N–H and O–H groups in total. The molecule has 0 fully saturated rings. The van der Waals surface area contributed by atoms with Gasteiger partial charge in [-0.15, -0.1) is 0 Å². The van der Waals surface area contributed by atoms with Crippen LogP contribution >= 0.6 is 35.4 Å². The lowest BCUT2D eigenvalue weighted by atomic mass is 10.2. The SMILES string of the molecule is CCNC(=S)N/N=C\c1ccc(OC(=O)c2ccc(Cl)cc2Cl)cc1. The van der Waals surface area contributed by atoms with Crippen LogP contribution in [0.15, 0.2) is 47.6 Å². The van der Waals surface area contributed by atoms with Crippen LogP contribution in [0.5, 0.6) is 5.75 Å². The maximum Gasteiger partial charge on any atom is 0.345 e. The fraction of sp³-hybridized carbons (Fsp3) is 0.118. The average molecular weight is 396 g/mol. The first-order valence-corrected chi connectivity index (χ1v) is 8.50. The zero-order valence-corrected chi connectivity index (χ0v) is 15.6. The van der Waals surface area contributed by atoms with E-state index in [1.165, 1.54) is 12.1 Å². The van der Waals surface area contributed by atoms with Crippen LogP contribution in [0.1, 0.15) is 22.8 Å². The second-order valence-electron chi connectivity index (χ2n) is 4.81. The van der Waals surface area contributed by atoms with Gasteiger partial charge in [0, 0.05) is 11.6 Å². The molecule has 0 aromatic heterocycles. The zero-order chi connectivity index (χ0) is 18.2. The van der Waals surface area contributed by atoms with Crippen molar-refractivity contribution in [3.63, 3.8) is 0 Å². The van der Waals surface area contributed by atoms with Crippen molar-refractivity contribution < 1.29 is 9.53 Å². The number of ether oxygens (including phenoxy) is 1. The molecule has 2 aromatic carbocycles. The number of rotatable bonds is 5. The lowest BCUT2D eigenvalue weighted by molar-refractivity contribution is 0.0735. The maximum absolute atomic E-state index is 12.1. The molecule has 0 bridgehead atoms. The van der Waals surface area contributed by atoms with Crippen LogP contribution in [0.2, 0.25) is 10.0 Å². The Bertz CT molecular complexity index is 795. The molecular formula is C17H15Cl2N3O2S. The third kappa shape index (κ3) is 6.01. The van der Waals surface area contributed by atoms with Crippen LogP contribution in [0.3, 0.4) is 0 Å². The molecule has 2 aromatic rings. The van der Waals surface area contributed by atoms with Crippen molar-refractivity contribution in [2.75, 3.05) is 6.54 Å². The third-order valence-electron chi connectivity index (χ3n) is 2.96. The van der Waals surface area contributed by atoms with Crippen molar-refractivity contribution in [3.8, 4) is 5.75 Å². The molecule has 0 amide bonds. The van der Waals surface area contributed by atoms with Gasteiger partial charge in [-0.25, -0.2) is 4.79 Å². The van der Waals surface area contributed by atoms with Crippen LogP contribution in [0.25, 0.3) is 0 Å². The van der Waals surface area contributed by atoms with E-state index in [2.05, 4.69) is 15.8 Å². The summed E-state index contributed by atoms with van der Waals surface area (Å²) in [5.41, 5.74) is 3.75. The molecule has 0 spiro atoms. The molecule has 0 saturated carbocycles. The predicted molar refractivity (Wildman–Crippen MR) is 105 cm³/mol. The fourth-order valence-electron chi connectivity index (χ4n) is 1.80. The summed E-state index contributed by atoms with van der Waals surface area (Å²) in [5, 5.41) is 8.06. The van der Waals surface area contributed by atoms with E-state index in [1.807, 2.05) is 6.92 Å². The van der Waals surface area contributed by atoms with Crippen molar-refractivity contribution in [2.24, 2.45) is 5.10 Å². The number of thiocarbonyl (C=S) groups is 1. The largest absolute Gasteiger partial charge is 0.423 e. The molecule has 0 aliphatic carbocycles. The number of nitrogens with one attached hydrogen (secondary N) is 2.